The predicted molar refractivity (Wildman–Crippen MR) is 121 cm³/mol. The molecule has 2 atom stereocenters. The highest BCUT2D eigenvalue weighted by Crippen LogP contribution is 2.45. The molecule has 0 saturated heterocycles. The summed E-state index contributed by atoms with van der Waals surface area (Å²) in [6.07, 6.45) is 2.81. The minimum atomic E-state index is -0.213. The highest BCUT2D eigenvalue weighted by molar-refractivity contribution is 5.90. The SMILES string of the molecule is CCN(CC)c1ccc(C2Nc3ccccc3NC3=CC(C)(C)CC(=O)C32)cc1. The maximum atomic E-state index is 13.3. The Balaban J connectivity index is 1.77. The van der Waals surface area contributed by atoms with Crippen molar-refractivity contribution in [2.24, 2.45) is 11.3 Å². The van der Waals surface area contributed by atoms with Gasteiger partial charge in [-0.1, -0.05) is 44.2 Å². The summed E-state index contributed by atoms with van der Waals surface area (Å²) in [5.74, 6) is 0.0767. The van der Waals surface area contributed by atoms with E-state index in [0.29, 0.717) is 6.42 Å². The molecule has 2 aromatic rings. The van der Waals surface area contributed by atoms with Gasteiger partial charge in [0.05, 0.1) is 23.3 Å². The van der Waals surface area contributed by atoms with E-state index in [-0.39, 0.29) is 23.2 Å². The number of allylic oxidation sites excluding steroid dienone is 1. The van der Waals surface area contributed by atoms with E-state index in [4.69, 9.17) is 0 Å². The highest BCUT2D eigenvalue weighted by Gasteiger charge is 2.41. The molecule has 1 aliphatic carbocycles. The summed E-state index contributed by atoms with van der Waals surface area (Å²) in [6.45, 7) is 10.6. The van der Waals surface area contributed by atoms with Crippen molar-refractivity contribution in [1.29, 1.82) is 0 Å². The van der Waals surface area contributed by atoms with E-state index in [1.807, 2.05) is 12.1 Å². The number of fused-ring (bicyclic) bond motifs is 2. The molecule has 0 amide bonds. The van der Waals surface area contributed by atoms with Crippen LogP contribution >= 0.6 is 0 Å². The van der Waals surface area contributed by atoms with Crippen LogP contribution in [0.4, 0.5) is 17.1 Å². The van der Waals surface area contributed by atoms with E-state index in [0.717, 1.165) is 35.7 Å². The zero-order valence-electron chi connectivity index (χ0n) is 17.8. The van der Waals surface area contributed by atoms with Gasteiger partial charge >= 0.3 is 0 Å². The number of hydrogen-bond acceptors (Lipinski definition) is 4. The maximum absolute atomic E-state index is 13.3. The number of nitrogens with one attached hydrogen (secondary N) is 2. The third-order valence-corrected chi connectivity index (χ3v) is 6.09. The number of carbonyl (C=O) groups is 1. The molecule has 2 N–H and O–H groups in total. The van der Waals surface area contributed by atoms with Crippen molar-refractivity contribution in [2.75, 3.05) is 28.6 Å². The Bertz CT molecular complexity index is 925. The number of hydrogen-bond donors (Lipinski definition) is 2. The lowest BCUT2D eigenvalue weighted by atomic mass is 9.72. The van der Waals surface area contributed by atoms with E-state index in [2.05, 4.69) is 85.7 Å². The van der Waals surface area contributed by atoms with Crippen molar-refractivity contribution in [3.05, 3.63) is 65.9 Å². The Morgan fingerprint density at radius 2 is 1.66 bits per heavy atom. The van der Waals surface area contributed by atoms with Crippen LogP contribution in [0, 0.1) is 11.3 Å². The number of anilines is 3. The van der Waals surface area contributed by atoms with Crippen LogP contribution in [0.1, 0.15) is 45.7 Å². The first-order valence-electron chi connectivity index (χ1n) is 10.6. The lowest BCUT2D eigenvalue weighted by molar-refractivity contribution is -0.124. The average molecular weight is 390 g/mol. The molecule has 1 heterocycles. The van der Waals surface area contributed by atoms with Crippen molar-refractivity contribution in [1.82, 2.24) is 0 Å². The molecule has 4 nitrogen and oxygen atoms in total. The zero-order valence-corrected chi connectivity index (χ0v) is 17.8. The summed E-state index contributed by atoms with van der Waals surface area (Å²) in [6, 6.07) is 16.8. The molecule has 0 saturated carbocycles. The molecule has 4 rings (SSSR count). The number of para-hydroxylation sites is 2. The Morgan fingerprint density at radius 1 is 1.00 bits per heavy atom. The first-order valence-corrected chi connectivity index (χ1v) is 10.6. The number of benzene rings is 2. The van der Waals surface area contributed by atoms with E-state index in [9.17, 15) is 4.79 Å². The van der Waals surface area contributed by atoms with Gasteiger partial charge in [0, 0.05) is 30.9 Å². The molecular formula is C25H31N3O. The summed E-state index contributed by atoms with van der Waals surface area (Å²) in [7, 11) is 0. The molecule has 0 fully saturated rings. The van der Waals surface area contributed by atoms with Gasteiger partial charge in [-0.2, -0.15) is 0 Å². The van der Waals surface area contributed by atoms with Gasteiger partial charge in [-0.15, -0.1) is 0 Å². The number of rotatable bonds is 4. The second-order valence-corrected chi connectivity index (χ2v) is 8.77. The fourth-order valence-corrected chi connectivity index (χ4v) is 4.65. The Kier molecular flexibility index (Phi) is 5.12. The standard InChI is InChI=1S/C25H31N3O/c1-5-28(6-2)18-13-11-17(12-14-18)24-23-21(15-25(3,4)16-22(23)29)26-19-9-7-8-10-20(19)27-24/h7-15,23-24,26-27H,5-6,16H2,1-4H3. The van der Waals surface area contributed by atoms with Crippen molar-refractivity contribution < 1.29 is 4.79 Å². The average Bonchev–Trinajstić information content (AvgIpc) is 2.85. The largest absolute Gasteiger partial charge is 0.375 e. The van der Waals surface area contributed by atoms with Crippen LogP contribution in [-0.2, 0) is 4.79 Å². The number of Topliss-reactive ketones (excluding diaryl/α,β-unsaturated/α-hetero) is 1. The van der Waals surface area contributed by atoms with E-state index < -0.39 is 0 Å². The molecule has 2 aliphatic rings. The monoisotopic (exact) mass is 389 g/mol. The van der Waals surface area contributed by atoms with E-state index in [1.54, 1.807) is 0 Å². The van der Waals surface area contributed by atoms with Gasteiger partial charge in [0.15, 0.2) is 0 Å². The number of nitrogens with zero attached hydrogens (tertiary/aromatic N) is 1. The molecular weight excluding hydrogens is 358 g/mol. The first-order chi connectivity index (χ1) is 13.9. The lowest BCUT2D eigenvalue weighted by Crippen LogP contribution is -2.36. The fraction of sp³-hybridized carbons (Fsp3) is 0.400. The molecule has 0 radical (unpaired) electrons. The fourth-order valence-electron chi connectivity index (χ4n) is 4.65. The van der Waals surface area contributed by atoms with Crippen LogP contribution in [-0.4, -0.2) is 18.9 Å². The highest BCUT2D eigenvalue weighted by atomic mass is 16.1. The maximum Gasteiger partial charge on any atom is 0.145 e. The molecule has 29 heavy (non-hydrogen) atoms. The van der Waals surface area contributed by atoms with Gasteiger partial charge in [0.2, 0.25) is 0 Å². The smallest absolute Gasteiger partial charge is 0.145 e. The quantitative estimate of drug-likeness (QED) is 0.713. The number of ketones is 1. The van der Waals surface area contributed by atoms with Gasteiger partial charge in [0.1, 0.15) is 5.78 Å². The van der Waals surface area contributed by atoms with Crippen LogP contribution < -0.4 is 15.5 Å². The van der Waals surface area contributed by atoms with Crippen molar-refractivity contribution >= 4 is 22.8 Å². The predicted octanol–water partition coefficient (Wildman–Crippen LogP) is 5.61. The van der Waals surface area contributed by atoms with E-state index >= 15 is 0 Å². The summed E-state index contributed by atoms with van der Waals surface area (Å²) in [4.78, 5) is 15.6. The van der Waals surface area contributed by atoms with Crippen LogP contribution in [0.15, 0.2) is 60.3 Å². The molecule has 2 aromatic carbocycles. The summed E-state index contributed by atoms with van der Waals surface area (Å²) >= 11 is 0. The topological polar surface area (TPSA) is 44.4 Å². The lowest BCUT2D eigenvalue weighted by Gasteiger charge is -2.35. The van der Waals surface area contributed by atoms with Gasteiger partial charge in [0.25, 0.3) is 0 Å². The molecule has 0 aromatic heterocycles. The molecule has 2 unspecified atom stereocenters. The van der Waals surface area contributed by atoms with Gasteiger partial charge < -0.3 is 15.5 Å². The van der Waals surface area contributed by atoms with Crippen molar-refractivity contribution in [2.45, 2.75) is 40.2 Å². The Hall–Kier alpha value is -2.75. The minimum absolute atomic E-state index is 0.0910. The first kappa shape index (κ1) is 19.6. The van der Waals surface area contributed by atoms with Crippen LogP contribution in [0.5, 0.6) is 0 Å². The normalized spacial score (nSPS) is 22.3. The second-order valence-electron chi connectivity index (χ2n) is 8.77. The van der Waals surface area contributed by atoms with Crippen molar-refractivity contribution in [3.8, 4) is 0 Å². The third kappa shape index (κ3) is 3.76. The summed E-state index contributed by atoms with van der Waals surface area (Å²) < 4.78 is 0. The number of carbonyl (C=O) groups excluding carboxylic acids is 1. The van der Waals surface area contributed by atoms with Crippen LogP contribution in [0.2, 0.25) is 0 Å². The van der Waals surface area contributed by atoms with Crippen LogP contribution in [0.3, 0.4) is 0 Å². The molecule has 1 aliphatic heterocycles. The van der Waals surface area contributed by atoms with E-state index in [1.165, 1.54) is 5.69 Å². The minimum Gasteiger partial charge on any atom is -0.375 e. The van der Waals surface area contributed by atoms with Gasteiger partial charge in [-0.05, 0) is 49.1 Å². The molecule has 152 valence electrons. The van der Waals surface area contributed by atoms with Gasteiger partial charge in [-0.3, -0.25) is 4.79 Å². The third-order valence-electron chi connectivity index (χ3n) is 6.09. The zero-order chi connectivity index (χ0) is 20.6. The summed E-state index contributed by atoms with van der Waals surface area (Å²) in [5, 5.41) is 7.24. The van der Waals surface area contributed by atoms with Crippen LogP contribution in [0.25, 0.3) is 0 Å². The molecule has 4 heteroatoms. The Morgan fingerprint density at radius 3 is 2.31 bits per heavy atom. The molecule has 0 bridgehead atoms. The summed E-state index contributed by atoms with van der Waals surface area (Å²) in [5.41, 5.74) is 5.30. The molecule has 0 spiro atoms. The second kappa shape index (κ2) is 7.58. The Labute approximate surface area is 174 Å². The van der Waals surface area contributed by atoms with Crippen molar-refractivity contribution in [3.63, 3.8) is 0 Å². The van der Waals surface area contributed by atoms with Gasteiger partial charge in [-0.25, -0.2) is 0 Å².